The zero-order valence-corrected chi connectivity index (χ0v) is 15.3. The lowest BCUT2D eigenvalue weighted by molar-refractivity contribution is 0.303. The number of anilines is 1. The Balaban J connectivity index is 1.81. The lowest BCUT2D eigenvalue weighted by atomic mass is 10.1. The zero-order valence-electron chi connectivity index (χ0n) is 15.3. The zero-order chi connectivity index (χ0) is 18.0. The monoisotopic (exact) mass is 335 g/mol. The maximum absolute atomic E-state index is 6.10. The van der Waals surface area contributed by atoms with Gasteiger partial charge in [0.05, 0.1) is 5.69 Å². The van der Waals surface area contributed by atoms with Gasteiger partial charge in [-0.25, -0.2) is 5.84 Å². The molecule has 0 bridgehead atoms. The molecule has 0 saturated heterocycles. The van der Waals surface area contributed by atoms with Crippen LogP contribution in [0, 0.1) is 13.8 Å². The first-order valence-corrected chi connectivity index (χ1v) is 8.38. The number of hydrogen-bond donors (Lipinski definition) is 1. The van der Waals surface area contributed by atoms with Gasteiger partial charge in [0.25, 0.3) is 0 Å². The van der Waals surface area contributed by atoms with Crippen LogP contribution in [0.15, 0.2) is 54.9 Å². The van der Waals surface area contributed by atoms with Crippen molar-refractivity contribution in [2.75, 3.05) is 12.1 Å². The van der Waals surface area contributed by atoms with Gasteiger partial charge in [0.2, 0.25) is 0 Å². The van der Waals surface area contributed by atoms with Crippen LogP contribution in [-0.2, 0) is 13.7 Å². The summed E-state index contributed by atoms with van der Waals surface area (Å²) in [6, 6.07) is 14.5. The van der Waals surface area contributed by atoms with E-state index in [1.165, 1.54) is 16.7 Å². The van der Waals surface area contributed by atoms with E-state index < -0.39 is 0 Å². The first-order chi connectivity index (χ1) is 12.0. The van der Waals surface area contributed by atoms with E-state index in [1.54, 1.807) is 5.01 Å². The minimum absolute atomic E-state index is 0.495. The molecule has 0 aliphatic carbocycles. The second-order valence-corrected chi connectivity index (χ2v) is 6.52. The van der Waals surface area contributed by atoms with Gasteiger partial charge in [0.15, 0.2) is 0 Å². The molecule has 2 aromatic carbocycles. The molecule has 1 heterocycles. The SMILES string of the molecule is Cc1cc(-c2ccn(C)c2)ccc1OCc1c(C)cccc1N(C)N. The maximum atomic E-state index is 6.10. The van der Waals surface area contributed by atoms with Crippen LogP contribution in [-0.4, -0.2) is 11.6 Å². The Hall–Kier alpha value is -2.72. The molecule has 3 aromatic rings. The highest BCUT2D eigenvalue weighted by Gasteiger charge is 2.10. The summed E-state index contributed by atoms with van der Waals surface area (Å²) in [4.78, 5) is 0. The number of hydrogen-bond acceptors (Lipinski definition) is 3. The van der Waals surface area contributed by atoms with Gasteiger partial charge in [0.1, 0.15) is 12.4 Å². The Bertz CT molecular complexity index is 881. The normalized spacial score (nSPS) is 10.8. The van der Waals surface area contributed by atoms with E-state index in [1.807, 2.05) is 32.3 Å². The number of ether oxygens (including phenoxy) is 1. The average Bonchev–Trinajstić information content (AvgIpc) is 3.01. The molecule has 4 nitrogen and oxygen atoms in total. The highest BCUT2D eigenvalue weighted by Crippen LogP contribution is 2.28. The van der Waals surface area contributed by atoms with Crippen molar-refractivity contribution in [3.63, 3.8) is 0 Å². The minimum Gasteiger partial charge on any atom is -0.489 e. The fourth-order valence-corrected chi connectivity index (χ4v) is 3.02. The summed E-state index contributed by atoms with van der Waals surface area (Å²) in [5, 5.41) is 1.64. The average molecular weight is 335 g/mol. The third-order valence-electron chi connectivity index (χ3n) is 4.48. The van der Waals surface area contributed by atoms with E-state index >= 15 is 0 Å². The molecule has 0 spiro atoms. The van der Waals surface area contributed by atoms with Gasteiger partial charge in [-0.2, -0.15) is 0 Å². The van der Waals surface area contributed by atoms with Gasteiger partial charge < -0.3 is 14.3 Å². The molecular weight excluding hydrogens is 310 g/mol. The number of rotatable bonds is 5. The van der Waals surface area contributed by atoms with E-state index in [4.69, 9.17) is 10.6 Å². The van der Waals surface area contributed by atoms with Crippen LogP contribution >= 0.6 is 0 Å². The molecular formula is C21H25N3O. The molecule has 0 amide bonds. The molecule has 1 aromatic heterocycles. The Morgan fingerprint density at radius 1 is 1.04 bits per heavy atom. The largest absolute Gasteiger partial charge is 0.489 e. The molecule has 4 heteroatoms. The van der Waals surface area contributed by atoms with Crippen LogP contribution < -0.4 is 15.6 Å². The smallest absolute Gasteiger partial charge is 0.122 e. The number of hydrazine groups is 1. The molecule has 130 valence electrons. The summed E-state index contributed by atoms with van der Waals surface area (Å²) in [7, 11) is 3.88. The highest BCUT2D eigenvalue weighted by molar-refractivity contribution is 5.65. The van der Waals surface area contributed by atoms with Crippen LogP contribution in [0.25, 0.3) is 11.1 Å². The summed E-state index contributed by atoms with van der Waals surface area (Å²) in [6.07, 6.45) is 4.17. The van der Waals surface area contributed by atoms with Crippen LogP contribution in [0.2, 0.25) is 0 Å². The van der Waals surface area contributed by atoms with Crippen LogP contribution in [0.1, 0.15) is 16.7 Å². The second-order valence-electron chi connectivity index (χ2n) is 6.52. The van der Waals surface area contributed by atoms with Crippen molar-refractivity contribution in [3.05, 3.63) is 71.5 Å². The van der Waals surface area contributed by atoms with Crippen molar-refractivity contribution in [2.45, 2.75) is 20.5 Å². The molecule has 0 unspecified atom stereocenters. The lowest BCUT2D eigenvalue weighted by Gasteiger charge is -2.19. The van der Waals surface area contributed by atoms with Crippen molar-refractivity contribution in [3.8, 4) is 16.9 Å². The van der Waals surface area contributed by atoms with Crippen molar-refractivity contribution in [1.29, 1.82) is 0 Å². The van der Waals surface area contributed by atoms with Crippen molar-refractivity contribution in [2.24, 2.45) is 12.9 Å². The first-order valence-electron chi connectivity index (χ1n) is 8.38. The van der Waals surface area contributed by atoms with Crippen LogP contribution in [0.3, 0.4) is 0 Å². The van der Waals surface area contributed by atoms with Gasteiger partial charge in [-0.15, -0.1) is 0 Å². The number of benzene rings is 2. The standard InChI is InChI=1S/C21H25N3O/c1-15-6-5-7-20(24(4)22)19(15)14-25-21-9-8-17(12-16(21)2)18-10-11-23(3)13-18/h5-13H,14,22H2,1-4H3. The molecule has 0 radical (unpaired) electrons. The summed E-state index contributed by atoms with van der Waals surface area (Å²) in [6.45, 7) is 4.65. The van der Waals surface area contributed by atoms with Crippen molar-refractivity contribution in [1.82, 2.24) is 4.57 Å². The summed E-state index contributed by atoms with van der Waals surface area (Å²) in [5.41, 5.74) is 6.80. The van der Waals surface area contributed by atoms with Crippen molar-refractivity contribution < 1.29 is 4.74 Å². The summed E-state index contributed by atoms with van der Waals surface area (Å²) < 4.78 is 8.16. The molecule has 0 aliphatic rings. The van der Waals surface area contributed by atoms with Crippen molar-refractivity contribution >= 4 is 5.69 Å². The molecule has 0 atom stereocenters. The van der Waals surface area contributed by atoms with Gasteiger partial charge in [0, 0.05) is 32.1 Å². The maximum Gasteiger partial charge on any atom is 0.122 e. The molecule has 3 rings (SSSR count). The second kappa shape index (κ2) is 7.03. The highest BCUT2D eigenvalue weighted by atomic mass is 16.5. The predicted octanol–water partition coefficient (Wildman–Crippen LogP) is 4.20. The predicted molar refractivity (Wildman–Crippen MR) is 104 cm³/mol. The number of aromatic nitrogens is 1. The number of nitrogens with two attached hydrogens (primary N) is 1. The molecule has 25 heavy (non-hydrogen) atoms. The fourth-order valence-electron chi connectivity index (χ4n) is 3.02. The Kier molecular flexibility index (Phi) is 4.81. The molecule has 0 saturated carbocycles. The third kappa shape index (κ3) is 3.69. The van der Waals surface area contributed by atoms with Gasteiger partial charge in [-0.1, -0.05) is 18.2 Å². The summed E-state index contributed by atoms with van der Waals surface area (Å²) in [5.74, 6) is 6.84. The van der Waals surface area contributed by atoms with E-state index in [0.29, 0.717) is 6.61 Å². The van der Waals surface area contributed by atoms with E-state index in [-0.39, 0.29) is 0 Å². The van der Waals surface area contributed by atoms with E-state index in [2.05, 4.69) is 55.1 Å². The minimum atomic E-state index is 0.495. The van der Waals surface area contributed by atoms with Gasteiger partial charge in [-0.05, 0) is 60.4 Å². The Labute approximate surface area is 149 Å². The van der Waals surface area contributed by atoms with E-state index in [0.717, 1.165) is 22.6 Å². The number of aryl methyl sites for hydroxylation is 3. The lowest BCUT2D eigenvalue weighted by Crippen LogP contribution is -2.26. The van der Waals surface area contributed by atoms with Crippen LogP contribution in [0.4, 0.5) is 5.69 Å². The molecule has 0 aliphatic heterocycles. The Morgan fingerprint density at radius 2 is 1.84 bits per heavy atom. The molecule has 0 fully saturated rings. The van der Waals surface area contributed by atoms with E-state index in [9.17, 15) is 0 Å². The quantitative estimate of drug-likeness (QED) is 0.561. The number of nitrogens with zero attached hydrogens (tertiary/aromatic N) is 2. The molecule has 2 N–H and O–H groups in total. The topological polar surface area (TPSA) is 43.4 Å². The Morgan fingerprint density at radius 3 is 2.48 bits per heavy atom. The van der Waals surface area contributed by atoms with Gasteiger partial charge in [-0.3, -0.25) is 0 Å². The third-order valence-corrected chi connectivity index (χ3v) is 4.48. The first kappa shape index (κ1) is 17.1. The summed E-state index contributed by atoms with van der Waals surface area (Å²) >= 11 is 0. The van der Waals surface area contributed by atoms with Gasteiger partial charge >= 0.3 is 0 Å². The van der Waals surface area contributed by atoms with Crippen LogP contribution in [0.5, 0.6) is 5.75 Å². The fraction of sp³-hybridized carbons (Fsp3) is 0.238.